The standard InChI is InChI=1S/C14H16N2O2/c1-2-6-13(10-15,11-16)12-5-3-4-7-14(12)17-8-9-18-14/h2,5H,1,3-4,6-9H2. The zero-order chi connectivity index (χ0) is 13.1. The van der Waals surface area contributed by atoms with Gasteiger partial charge in [-0.25, -0.2) is 0 Å². The fourth-order valence-corrected chi connectivity index (χ4v) is 2.69. The van der Waals surface area contributed by atoms with Crippen molar-refractivity contribution in [1.82, 2.24) is 0 Å². The fourth-order valence-electron chi connectivity index (χ4n) is 2.69. The van der Waals surface area contributed by atoms with Crippen LogP contribution in [0.3, 0.4) is 0 Å². The summed E-state index contributed by atoms with van der Waals surface area (Å²) >= 11 is 0. The van der Waals surface area contributed by atoms with E-state index in [2.05, 4.69) is 18.7 Å². The minimum absolute atomic E-state index is 0.292. The maximum absolute atomic E-state index is 9.43. The summed E-state index contributed by atoms with van der Waals surface area (Å²) in [6.45, 7) is 4.66. The van der Waals surface area contributed by atoms with E-state index in [1.807, 2.05) is 6.08 Å². The first-order valence-corrected chi connectivity index (χ1v) is 6.15. The van der Waals surface area contributed by atoms with E-state index in [-0.39, 0.29) is 0 Å². The van der Waals surface area contributed by atoms with Crippen molar-refractivity contribution in [1.29, 1.82) is 10.5 Å². The monoisotopic (exact) mass is 244 g/mol. The second-order valence-electron chi connectivity index (χ2n) is 4.58. The van der Waals surface area contributed by atoms with E-state index in [1.54, 1.807) is 6.08 Å². The molecule has 0 amide bonds. The van der Waals surface area contributed by atoms with E-state index in [9.17, 15) is 10.5 Å². The molecule has 0 aromatic heterocycles. The van der Waals surface area contributed by atoms with Gasteiger partial charge in [-0.05, 0) is 12.8 Å². The molecule has 0 aromatic carbocycles. The Morgan fingerprint density at radius 1 is 1.39 bits per heavy atom. The largest absolute Gasteiger partial charge is 0.344 e. The Morgan fingerprint density at radius 3 is 2.61 bits per heavy atom. The summed E-state index contributed by atoms with van der Waals surface area (Å²) in [4.78, 5) is 0. The van der Waals surface area contributed by atoms with E-state index < -0.39 is 11.2 Å². The maximum Gasteiger partial charge on any atom is 0.193 e. The number of nitrogens with zero attached hydrogens (tertiary/aromatic N) is 2. The van der Waals surface area contributed by atoms with Gasteiger partial charge in [0.25, 0.3) is 0 Å². The molecule has 1 saturated heterocycles. The van der Waals surface area contributed by atoms with Gasteiger partial charge in [-0.3, -0.25) is 0 Å². The summed E-state index contributed by atoms with van der Waals surface area (Å²) in [5.41, 5.74) is -0.546. The smallest absolute Gasteiger partial charge is 0.193 e. The summed E-state index contributed by atoms with van der Waals surface area (Å²) in [5.74, 6) is -0.854. The molecule has 0 radical (unpaired) electrons. The molecule has 1 fully saturated rings. The molecule has 1 aliphatic heterocycles. The van der Waals surface area contributed by atoms with Crippen molar-refractivity contribution in [2.24, 2.45) is 5.41 Å². The molecule has 2 rings (SSSR count). The third kappa shape index (κ3) is 1.84. The number of hydrogen-bond acceptors (Lipinski definition) is 4. The quantitative estimate of drug-likeness (QED) is 0.715. The average molecular weight is 244 g/mol. The van der Waals surface area contributed by atoms with Crippen molar-refractivity contribution in [2.45, 2.75) is 31.5 Å². The Kier molecular flexibility index (Phi) is 3.52. The predicted octanol–water partition coefficient (Wildman–Crippen LogP) is 2.45. The van der Waals surface area contributed by atoms with Gasteiger partial charge in [0, 0.05) is 18.4 Å². The second-order valence-corrected chi connectivity index (χ2v) is 4.58. The summed E-state index contributed by atoms with van der Waals surface area (Å²) in [7, 11) is 0. The van der Waals surface area contributed by atoms with Gasteiger partial charge in [0.1, 0.15) is 0 Å². The van der Waals surface area contributed by atoms with Gasteiger partial charge < -0.3 is 9.47 Å². The Balaban J connectivity index is 2.45. The SMILES string of the molecule is C=CCC(C#N)(C#N)C1=CCCCC12OCCO2. The lowest BCUT2D eigenvalue weighted by Crippen LogP contribution is -2.42. The van der Waals surface area contributed by atoms with Crippen LogP contribution >= 0.6 is 0 Å². The van der Waals surface area contributed by atoms with Gasteiger partial charge in [0.05, 0.1) is 25.4 Å². The summed E-state index contributed by atoms with van der Waals surface area (Å²) in [5, 5.41) is 18.9. The van der Waals surface area contributed by atoms with Crippen molar-refractivity contribution in [3.8, 4) is 12.1 Å². The van der Waals surface area contributed by atoms with E-state index in [0.29, 0.717) is 31.6 Å². The highest BCUT2D eigenvalue weighted by Gasteiger charge is 2.51. The Labute approximate surface area is 107 Å². The molecule has 0 unspecified atom stereocenters. The number of rotatable bonds is 3. The van der Waals surface area contributed by atoms with Crippen LogP contribution in [0.25, 0.3) is 0 Å². The molecule has 1 spiro atoms. The van der Waals surface area contributed by atoms with E-state index in [1.165, 1.54) is 0 Å². The highest BCUT2D eigenvalue weighted by molar-refractivity contribution is 5.39. The molecule has 4 heteroatoms. The molecule has 0 bridgehead atoms. The van der Waals surface area contributed by atoms with Crippen LogP contribution in [-0.2, 0) is 9.47 Å². The number of hydrogen-bond donors (Lipinski definition) is 0. The number of nitriles is 2. The Hall–Kier alpha value is -1.62. The first-order valence-electron chi connectivity index (χ1n) is 6.15. The molecule has 94 valence electrons. The van der Waals surface area contributed by atoms with Gasteiger partial charge in [-0.1, -0.05) is 12.2 Å². The Morgan fingerprint density at radius 2 is 2.06 bits per heavy atom. The van der Waals surface area contributed by atoms with Crippen molar-refractivity contribution in [3.63, 3.8) is 0 Å². The van der Waals surface area contributed by atoms with E-state index in [0.717, 1.165) is 12.8 Å². The molecule has 18 heavy (non-hydrogen) atoms. The van der Waals surface area contributed by atoms with Crippen LogP contribution in [0.15, 0.2) is 24.3 Å². The van der Waals surface area contributed by atoms with E-state index in [4.69, 9.17) is 9.47 Å². The summed E-state index contributed by atoms with van der Waals surface area (Å²) in [6.07, 6.45) is 6.34. The first-order chi connectivity index (χ1) is 8.73. The minimum atomic E-state index is -1.22. The maximum atomic E-state index is 9.43. The topological polar surface area (TPSA) is 66.0 Å². The van der Waals surface area contributed by atoms with Gasteiger partial charge in [-0.2, -0.15) is 10.5 Å². The predicted molar refractivity (Wildman–Crippen MR) is 65.0 cm³/mol. The van der Waals surface area contributed by atoms with Crippen LogP contribution in [0.2, 0.25) is 0 Å². The average Bonchev–Trinajstić information content (AvgIpc) is 2.86. The molecule has 1 heterocycles. The second kappa shape index (κ2) is 4.94. The van der Waals surface area contributed by atoms with Gasteiger partial charge in [0.2, 0.25) is 0 Å². The lowest BCUT2D eigenvalue weighted by Gasteiger charge is -2.38. The molecule has 0 aromatic rings. The molecular weight excluding hydrogens is 228 g/mol. The van der Waals surface area contributed by atoms with Crippen LogP contribution in [0.5, 0.6) is 0 Å². The van der Waals surface area contributed by atoms with Crippen molar-refractivity contribution in [2.75, 3.05) is 13.2 Å². The third-order valence-electron chi connectivity index (χ3n) is 3.51. The van der Waals surface area contributed by atoms with Crippen LogP contribution < -0.4 is 0 Å². The van der Waals surface area contributed by atoms with Crippen LogP contribution in [0, 0.1) is 28.1 Å². The van der Waals surface area contributed by atoms with Crippen molar-refractivity contribution >= 4 is 0 Å². The first kappa shape index (κ1) is 12.8. The minimum Gasteiger partial charge on any atom is -0.344 e. The molecular formula is C14H16N2O2. The van der Waals surface area contributed by atoms with Crippen LogP contribution in [0.4, 0.5) is 0 Å². The lowest BCUT2D eigenvalue weighted by atomic mass is 9.72. The van der Waals surface area contributed by atoms with Crippen molar-refractivity contribution in [3.05, 3.63) is 24.3 Å². The Bertz CT molecular complexity index is 433. The summed E-state index contributed by atoms with van der Waals surface area (Å²) in [6, 6.07) is 4.25. The molecule has 0 atom stereocenters. The summed E-state index contributed by atoms with van der Waals surface area (Å²) < 4.78 is 11.4. The molecule has 0 saturated carbocycles. The molecule has 4 nitrogen and oxygen atoms in total. The zero-order valence-electron chi connectivity index (χ0n) is 10.3. The molecule has 2 aliphatic rings. The highest BCUT2D eigenvalue weighted by Crippen LogP contribution is 2.47. The van der Waals surface area contributed by atoms with Crippen LogP contribution in [-0.4, -0.2) is 19.0 Å². The molecule has 0 N–H and O–H groups in total. The van der Waals surface area contributed by atoms with Gasteiger partial charge in [0.15, 0.2) is 11.2 Å². The highest BCUT2D eigenvalue weighted by atomic mass is 16.7. The fraction of sp³-hybridized carbons (Fsp3) is 0.571. The zero-order valence-corrected chi connectivity index (χ0v) is 10.3. The van der Waals surface area contributed by atoms with Crippen LogP contribution in [0.1, 0.15) is 25.7 Å². The molecule has 1 aliphatic carbocycles. The van der Waals surface area contributed by atoms with Crippen molar-refractivity contribution < 1.29 is 9.47 Å². The van der Waals surface area contributed by atoms with E-state index >= 15 is 0 Å². The number of ether oxygens (including phenoxy) is 2. The normalized spacial score (nSPS) is 22.0. The lowest BCUT2D eigenvalue weighted by molar-refractivity contribution is -0.141. The third-order valence-corrected chi connectivity index (χ3v) is 3.51. The van der Waals surface area contributed by atoms with Gasteiger partial charge in [-0.15, -0.1) is 6.58 Å². The van der Waals surface area contributed by atoms with Gasteiger partial charge >= 0.3 is 0 Å². The number of allylic oxidation sites excluding steroid dienone is 2.